The smallest absolute Gasteiger partial charge is 0.283 e. The van der Waals surface area contributed by atoms with Crippen molar-refractivity contribution in [3.05, 3.63) is 93.0 Å². The molecule has 3 aromatic rings. The quantitative estimate of drug-likeness (QED) is 0.243. The van der Waals surface area contributed by atoms with E-state index >= 15 is 0 Å². The van der Waals surface area contributed by atoms with Crippen LogP contribution in [0.1, 0.15) is 22.3 Å². The monoisotopic (exact) mass is 604 g/mol. The normalized spacial score (nSPS) is 15.7. The van der Waals surface area contributed by atoms with E-state index in [1.807, 2.05) is 62.4 Å². The number of ether oxygens (including phenoxy) is 3. The number of amidine groups is 2. The van der Waals surface area contributed by atoms with Crippen molar-refractivity contribution in [3.63, 3.8) is 0 Å². The van der Waals surface area contributed by atoms with E-state index in [9.17, 15) is 4.79 Å². The zero-order valence-electron chi connectivity index (χ0n) is 21.5. The van der Waals surface area contributed by atoms with Crippen molar-refractivity contribution < 1.29 is 19.0 Å². The topological polar surface area (TPSA) is 96.6 Å². The van der Waals surface area contributed by atoms with E-state index in [-0.39, 0.29) is 11.4 Å². The molecule has 198 valence electrons. The fourth-order valence-corrected chi connectivity index (χ4v) is 5.61. The molecule has 0 bridgehead atoms. The lowest BCUT2D eigenvalue weighted by Crippen LogP contribution is -2.35. The molecule has 39 heavy (non-hydrogen) atoms. The molecule has 10 heteroatoms. The Bertz CT molecular complexity index is 1570. The van der Waals surface area contributed by atoms with E-state index in [4.69, 9.17) is 19.6 Å². The minimum Gasteiger partial charge on any atom is -0.493 e. The third-order valence-electron chi connectivity index (χ3n) is 6.07. The lowest BCUT2D eigenvalue weighted by molar-refractivity contribution is -0.114. The van der Waals surface area contributed by atoms with Crippen LogP contribution < -0.4 is 14.2 Å². The van der Waals surface area contributed by atoms with Gasteiger partial charge in [0.15, 0.2) is 17.3 Å². The van der Waals surface area contributed by atoms with Gasteiger partial charge in [0.2, 0.25) is 5.17 Å². The molecule has 0 fully saturated rings. The molecule has 0 saturated carbocycles. The minimum atomic E-state index is -0.497. The molecule has 2 aliphatic heterocycles. The number of para-hydroxylation sites is 1. The van der Waals surface area contributed by atoms with Crippen molar-refractivity contribution in [2.45, 2.75) is 13.8 Å². The number of fused-ring (bicyclic) bond motifs is 1. The number of nitrogens with one attached hydrogen (secondary N) is 1. The molecular formula is C29H25BrN4O4S. The highest BCUT2D eigenvalue weighted by Crippen LogP contribution is 2.38. The molecule has 0 aromatic heterocycles. The number of aryl methyl sites for hydroxylation is 2. The fourth-order valence-electron chi connectivity index (χ4n) is 4.06. The number of methoxy groups -OCH3 is 1. The SMILES string of the molecule is COc1cc(/C=C2\C(=N)N3N=C(c4ccccc4C)SC3=NC2=O)cc(Br)c1OCCOc1ccccc1C. The van der Waals surface area contributed by atoms with Crippen molar-refractivity contribution in [1.29, 1.82) is 5.41 Å². The molecule has 1 N–H and O–H groups in total. The molecule has 1 amide bonds. The van der Waals surface area contributed by atoms with Gasteiger partial charge in [0.25, 0.3) is 5.91 Å². The fraction of sp³-hybridized carbons (Fsp3) is 0.172. The number of thioether (sulfide) groups is 1. The highest BCUT2D eigenvalue weighted by Gasteiger charge is 2.36. The first-order valence-electron chi connectivity index (χ1n) is 12.1. The van der Waals surface area contributed by atoms with E-state index in [0.29, 0.717) is 45.0 Å². The number of benzene rings is 3. The number of aliphatic imine (C=N–C) groups is 1. The Labute approximate surface area is 239 Å². The molecule has 0 unspecified atom stereocenters. The van der Waals surface area contributed by atoms with Crippen LogP contribution >= 0.6 is 27.7 Å². The number of carbonyl (C=O) groups excluding carboxylic acids is 1. The Hall–Kier alpha value is -3.89. The van der Waals surface area contributed by atoms with Crippen LogP contribution in [-0.4, -0.2) is 47.3 Å². The largest absolute Gasteiger partial charge is 0.493 e. The summed E-state index contributed by atoms with van der Waals surface area (Å²) >= 11 is 4.83. The number of rotatable bonds is 8. The minimum absolute atomic E-state index is 0.0372. The molecule has 2 heterocycles. The Balaban J connectivity index is 1.33. The molecule has 3 aromatic carbocycles. The Morgan fingerprint density at radius 2 is 1.72 bits per heavy atom. The second-order valence-corrected chi connectivity index (χ2v) is 10.5. The van der Waals surface area contributed by atoms with Crippen LogP contribution in [0.3, 0.4) is 0 Å². The van der Waals surface area contributed by atoms with E-state index in [0.717, 1.165) is 22.4 Å². The van der Waals surface area contributed by atoms with Crippen LogP contribution in [0.5, 0.6) is 17.2 Å². The maximum Gasteiger partial charge on any atom is 0.283 e. The number of amides is 1. The lowest BCUT2D eigenvalue weighted by Gasteiger charge is -2.20. The van der Waals surface area contributed by atoms with E-state index in [2.05, 4.69) is 26.0 Å². The Morgan fingerprint density at radius 3 is 2.46 bits per heavy atom. The molecule has 0 atom stereocenters. The summed E-state index contributed by atoms with van der Waals surface area (Å²) in [5, 5.41) is 15.8. The van der Waals surface area contributed by atoms with E-state index in [1.54, 1.807) is 25.3 Å². The second kappa shape index (κ2) is 11.5. The van der Waals surface area contributed by atoms with Crippen molar-refractivity contribution in [3.8, 4) is 17.2 Å². The predicted molar refractivity (Wildman–Crippen MR) is 158 cm³/mol. The van der Waals surface area contributed by atoms with Crippen molar-refractivity contribution in [2.24, 2.45) is 10.1 Å². The molecule has 8 nitrogen and oxygen atoms in total. The van der Waals surface area contributed by atoms with Gasteiger partial charge in [0, 0.05) is 5.56 Å². The van der Waals surface area contributed by atoms with Gasteiger partial charge in [-0.15, -0.1) is 0 Å². The number of hydrogen-bond acceptors (Lipinski definition) is 7. The van der Waals surface area contributed by atoms with Crippen molar-refractivity contribution in [1.82, 2.24) is 5.01 Å². The second-order valence-electron chi connectivity index (χ2n) is 8.74. The average Bonchev–Trinajstić information content (AvgIpc) is 3.34. The summed E-state index contributed by atoms with van der Waals surface area (Å²) in [6, 6.07) is 19.2. The van der Waals surface area contributed by atoms with Crippen LogP contribution in [0.25, 0.3) is 6.08 Å². The molecule has 0 saturated heterocycles. The van der Waals surface area contributed by atoms with Crippen LogP contribution in [0, 0.1) is 19.3 Å². The number of halogens is 1. The highest BCUT2D eigenvalue weighted by molar-refractivity contribution is 9.10. The van der Waals surface area contributed by atoms with Gasteiger partial charge in [-0.25, -0.2) is 0 Å². The summed E-state index contributed by atoms with van der Waals surface area (Å²) in [5.41, 5.74) is 3.82. The lowest BCUT2D eigenvalue weighted by atomic mass is 10.1. The number of nitrogens with zero attached hydrogens (tertiary/aromatic N) is 3. The first-order chi connectivity index (χ1) is 18.9. The maximum absolute atomic E-state index is 12.9. The Kier molecular flexibility index (Phi) is 7.85. The molecule has 0 radical (unpaired) electrons. The van der Waals surface area contributed by atoms with Gasteiger partial charge >= 0.3 is 0 Å². The van der Waals surface area contributed by atoms with E-state index in [1.165, 1.54) is 16.8 Å². The van der Waals surface area contributed by atoms with Crippen LogP contribution in [0.2, 0.25) is 0 Å². The van der Waals surface area contributed by atoms with E-state index < -0.39 is 5.91 Å². The summed E-state index contributed by atoms with van der Waals surface area (Å²) in [6.07, 6.45) is 1.61. The molecular weight excluding hydrogens is 580 g/mol. The van der Waals surface area contributed by atoms with Crippen molar-refractivity contribution >= 4 is 55.7 Å². The number of carbonyl (C=O) groups is 1. The van der Waals surface area contributed by atoms with Gasteiger partial charge in [-0.2, -0.15) is 15.1 Å². The first-order valence-corrected chi connectivity index (χ1v) is 13.7. The zero-order chi connectivity index (χ0) is 27.5. The maximum atomic E-state index is 12.9. The van der Waals surface area contributed by atoms with Crippen LogP contribution in [-0.2, 0) is 4.79 Å². The number of hydrazone groups is 1. The highest BCUT2D eigenvalue weighted by atomic mass is 79.9. The molecule has 5 rings (SSSR count). The van der Waals surface area contributed by atoms with Gasteiger partial charge < -0.3 is 14.2 Å². The molecule has 0 spiro atoms. The average molecular weight is 606 g/mol. The standard InChI is InChI=1S/C29H25BrN4O4S/c1-17-8-4-6-10-20(17)28-33-34-26(31)21(27(35)32-29(34)39-28)14-19-15-22(30)25(24(16-19)36-3)38-13-12-37-23-11-7-5-9-18(23)2/h4-11,14-16,31H,12-13H2,1-3H3/b21-14+,31-26?. The molecule has 2 aliphatic rings. The van der Waals surface area contributed by atoms with Gasteiger partial charge in [-0.3, -0.25) is 10.2 Å². The third kappa shape index (κ3) is 5.62. The Morgan fingerprint density at radius 1 is 1.00 bits per heavy atom. The first kappa shape index (κ1) is 26.7. The third-order valence-corrected chi connectivity index (χ3v) is 7.60. The molecule has 0 aliphatic carbocycles. The predicted octanol–water partition coefficient (Wildman–Crippen LogP) is 6.20. The zero-order valence-corrected chi connectivity index (χ0v) is 23.9. The van der Waals surface area contributed by atoms with Gasteiger partial charge in [0.1, 0.15) is 24.0 Å². The van der Waals surface area contributed by atoms with Gasteiger partial charge in [-0.05, 0) is 82.5 Å². The van der Waals surface area contributed by atoms with Gasteiger partial charge in [-0.1, -0.05) is 42.5 Å². The van der Waals surface area contributed by atoms with Crippen molar-refractivity contribution in [2.75, 3.05) is 20.3 Å². The summed E-state index contributed by atoms with van der Waals surface area (Å²) in [6.45, 7) is 4.65. The van der Waals surface area contributed by atoms with Gasteiger partial charge in [0.05, 0.1) is 17.2 Å². The number of hydrogen-bond donors (Lipinski definition) is 1. The summed E-state index contributed by atoms with van der Waals surface area (Å²) in [7, 11) is 1.54. The van der Waals surface area contributed by atoms with Crippen LogP contribution in [0.15, 0.2) is 80.8 Å². The van der Waals surface area contributed by atoms with Crippen LogP contribution in [0.4, 0.5) is 0 Å². The summed E-state index contributed by atoms with van der Waals surface area (Å²) < 4.78 is 18.0. The summed E-state index contributed by atoms with van der Waals surface area (Å²) in [4.78, 5) is 17.1. The summed E-state index contributed by atoms with van der Waals surface area (Å²) in [5.74, 6) is 1.27.